The van der Waals surface area contributed by atoms with Gasteiger partial charge in [0, 0.05) is 32.2 Å². The number of hydrogen-bond acceptors (Lipinski definition) is 2. The van der Waals surface area contributed by atoms with Crippen LogP contribution in [0, 0.1) is 6.92 Å². The molecule has 3 amide bonds. The molecular formula is C22H35N3O2. The van der Waals surface area contributed by atoms with E-state index >= 15 is 0 Å². The molecule has 2 rings (SSSR count). The second-order valence-corrected chi connectivity index (χ2v) is 8.89. The van der Waals surface area contributed by atoms with Gasteiger partial charge in [-0.25, -0.2) is 4.79 Å². The Labute approximate surface area is 164 Å². The lowest BCUT2D eigenvalue weighted by Gasteiger charge is -2.24. The lowest BCUT2D eigenvalue weighted by Crippen LogP contribution is -2.45. The van der Waals surface area contributed by atoms with Crippen LogP contribution in [0.1, 0.15) is 57.7 Å². The maximum Gasteiger partial charge on any atom is 0.317 e. The van der Waals surface area contributed by atoms with Crippen LogP contribution in [0.15, 0.2) is 18.2 Å². The minimum atomic E-state index is -0.0343. The van der Waals surface area contributed by atoms with E-state index < -0.39 is 0 Å². The average Bonchev–Trinajstić information content (AvgIpc) is 2.81. The van der Waals surface area contributed by atoms with Gasteiger partial charge in [-0.15, -0.1) is 0 Å². The molecule has 0 unspecified atom stereocenters. The van der Waals surface area contributed by atoms with Crippen LogP contribution in [0.5, 0.6) is 0 Å². The molecule has 27 heavy (non-hydrogen) atoms. The standard InChI is InChI=1S/C22H35N3O2/c1-16(2)23-21(27)25-11-7-10-24(12-13-25)20(26)15-18-8-9-19(14-17(18)3)22(4,5)6/h8-9,14,16H,7,10-13,15H2,1-6H3,(H,23,27). The molecule has 150 valence electrons. The third kappa shape index (κ3) is 5.98. The zero-order valence-electron chi connectivity index (χ0n) is 17.8. The van der Waals surface area contributed by atoms with Crippen molar-refractivity contribution in [3.8, 4) is 0 Å². The van der Waals surface area contributed by atoms with Crippen LogP contribution in [0.2, 0.25) is 0 Å². The van der Waals surface area contributed by atoms with Crippen LogP contribution in [0.4, 0.5) is 4.79 Å². The van der Waals surface area contributed by atoms with E-state index in [0.717, 1.165) is 12.0 Å². The Morgan fingerprint density at radius 3 is 2.30 bits per heavy atom. The van der Waals surface area contributed by atoms with Gasteiger partial charge in [0.05, 0.1) is 6.42 Å². The van der Waals surface area contributed by atoms with Crippen LogP contribution in [-0.4, -0.2) is 54.0 Å². The molecule has 5 heteroatoms. The molecule has 0 radical (unpaired) electrons. The van der Waals surface area contributed by atoms with Crippen LogP contribution >= 0.6 is 0 Å². The highest BCUT2D eigenvalue weighted by atomic mass is 16.2. The Morgan fingerprint density at radius 1 is 1.07 bits per heavy atom. The van der Waals surface area contributed by atoms with Crippen molar-refractivity contribution in [2.45, 2.75) is 65.8 Å². The maximum absolute atomic E-state index is 12.8. The molecule has 1 aliphatic heterocycles. The molecule has 5 nitrogen and oxygen atoms in total. The Balaban J connectivity index is 1.97. The summed E-state index contributed by atoms with van der Waals surface area (Å²) in [5.74, 6) is 0.146. The summed E-state index contributed by atoms with van der Waals surface area (Å²) in [7, 11) is 0. The summed E-state index contributed by atoms with van der Waals surface area (Å²) >= 11 is 0. The van der Waals surface area contributed by atoms with E-state index in [-0.39, 0.29) is 23.4 Å². The topological polar surface area (TPSA) is 52.7 Å². The predicted octanol–water partition coefficient (Wildman–Crippen LogP) is 3.49. The smallest absolute Gasteiger partial charge is 0.317 e. The number of rotatable bonds is 3. The predicted molar refractivity (Wildman–Crippen MR) is 110 cm³/mol. The van der Waals surface area contributed by atoms with Crippen molar-refractivity contribution in [3.05, 3.63) is 34.9 Å². The van der Waals surface area contributed by atoms with Gasteiger partial charge in [0.1, 0.15) is 0 Å². The van der Waals surface area contributed by atoms with Crippen LogP contribution in [0.25, 0.3) is 0 Å². The van der Waals surface area contributed by atoms with Gasteiger partial charge >= 0.3 is 6.03 Å². The van der Waals surface area contributed by atoms with Gasteiger partial charge in [0.25, 0.3) is 0 Å². The summed E-state index contributed by atoms with van der Waals surface area (Å²) in [6, 6.07) is 6.51. The minimum Gasteiger partial charge on any atom is -0.341 e. The molecule has 0 aliphatic carbocycles. The molecule has 0 bridgehead atoms. The molecular weight excluding hydrogens is 338 g/mol. The molecule has 1 fully saturated rings. The van der Waals surface area contributed by atoms with Crippen molar-refractivity contribution in [1.29, 1.82) is 0 Å². The Hall–Kier alpha value is -2.04. The normalized spacial score (nSPS) is 15.7. The summed E-state index contributed by atoms with van der Waals surface area (Å²) in [5, 5.41) is 2.93. The average molecular weight is 374 g/mol. The summed E-state index contributed by atoms with van der Waals surface area (Å²) in [4.78, 5) is 28.7. The summed E-state index contributed by atoms with van der Waals surface area (Å²) in [6.07, 6.45) is 1.24. The second kappa shape index (κ2) is 8.77. The van der Waals surface area contributed by atoms with Crippen molar-refractivity contribution >= 4 is 11.9 Å². The Bertz CT molecular complexity index is 677. The van der Waals surface area contributed by atoms with E-state index in [2.05, 4.69) is 51.2 Å². The van der Waals surface area contributed by atoms with Crippen molar-refractivity contribution in [3.63, 3.8) is 0 Å². The second-order valence-electron chi connectivity index (χ2n) is 8.89. The summed E-state index contributed by atoms with van der Waals surface area (Å²) in [5.41, 5.74) is 3.66. The van der Waals surface area contributed by atoms with E-state index in [1.54, 1.807) is 0 Å². The van der Waals surface area contributed by atoms with Gasteiger partial charge in [-0.1, -0.05) is 39.0 Å². The fourth-order valence-corrected chi connectivity index (χ4v) is 3.34. The van der Waals surface area contributed by atoms with Crippen molar-refractivity contribution in [2.24, 2.45) is 0 Å². The van der Waals surface area contributed by atoms with E-state index in [1.807, 2.05) is 23.6 Å². The zero-order chi connectivity index (χ0) is 20.2. The van der Waals surface area contributed by atoms with Crippen LogP contribution in [0.3, 0.4) is 0 Å². The van der Waals surface area contributed by atoms with Gasteiger partial charge in [0.15, 0.2) is 0 Å². The maximum atomic E-state index is 12.8. The minimum absolute atomic E-state index is 0.0343. The van der Waals surface area contributed by atoms with Crippen molar-refractivity contribution in [2.75, 3.05) is 26.2 Å². The number of carbonyl (C=O) groups is 2. The molecule has 1 aliphatic rings. The Morgan fingerprint density at radius 2 is 1.70 bits per heavy atom. The monoisotopic (exact) mass is 373 g/mol. The zero-order valence-corrected chi connectivity index (χ0v) is 17.8. The molecule has 1 aromatic carbocycles. The third-order valence-corrected chi connectivity index (χ3v) is 5.10. The molecule has 0 spiro atoms. The Kier molecular flexibility index (Phi) is 6.90. The van der Waals surface area contributed by atoms with Crippen LogP contribution < -0.4 is 5.32 Å². The van der Waals surface area contributed by atoms with E-state index in [4.69, 9.17) is 0 Å². The number of hydrogen-bond donors (Lipinski definition) is 1. The molecule has 0 aromatic heterocycles. The highest BCUT2D eigenvalue weighted by molar-refractivity contribution is 5.79. The first-order valence-electron chi connectivity index (χ1n) is 10.0. The van der Waals surface area contributed by atoms with Gasteiger partial charge in [-0.05, 0) is 49.3 Å². The first-order valence-corrected chi connectivity index (χ1v) is 10.0. The fourth-order valence-electron chi connectivity index (χ4n) is 3.34. The SMILES string of the molecule is Cc1cc(C(C)(C)C)ccc1CC(=O)N1CCCN(C(=O)NC(C)C)CC1. The summed E-state index contributed by atoms with van der Waals surface area (Å²) in [6.45, 7) is 15.2. The van der Waals surface area contributed by atoms with Gasteiger partial charge in [0.2, 0.25) is 5.91 Å². The van der Waals surface area contributed by atoms with E-state index in [0.29, 0.717) is 32.6 Å². The lowest BCUT2D eigenvalue weighted by atomic mass is 9.85. The number of urea groups is 1. The molecule has 1 N–H and O–H groups in total. The first-order chi connectivity index (χ1) is 12.6. The molecule has 0 atom stereocenters. The van der Waals surface area contributed by atoms with E-state index in [1.165, 1.54) is 11.1 Å². The van der Waals surface area contributed by atoms with Crippen molar-refractivity contribution in [1.82, 2.24) is 15.1 Å². The number of nitrogens with one attached hydrogen (secondary N) is 1. The molecule has 0 saturated carbocycles. The first kappa shape index (κ1) is 21.3. The largest absolute Gasteiger partial charge is 0.341 e. The highest BCUT2D eigenvalue weighted by Crippen LogP contribution is 2.24. The van der Waals surface area contributed by atoms with E-state index in [9.17, 15) is 9.59 Å². The number of carbonyl (C=O) groups excluding carboxylic acids is 2. The van der Waals surface area contributed by atoms with Gasteiger partial charge < -0.3 is 15.1 Å². The lowest BCUT2D eigenvalue weighted by molar-refractivity contribution is -0.130. The van der Waals surface area contributed by atoms with Crippen molar-refractivity contribution < 1.29 is 9.59 Å². The fraction of sp³-hybridized carbons (Fsp3) is 0.636. The number of benzene rings is 1. The number of aryl methyl sites for hydroxylation is 1. The number of amides is 3. The molecule has 1 heterocycles. The van der Waals surface area contributed by atoms with Gasteiger partial charge in [-0.2, -0.15) is 0 Å². The number of nitrogens with zero attached hydrogens (tertiary/aromatic N) is 2. The highest BCUT2D eigenvalue weighted by Gasteiger charge is 2.23. The summed E-state index contributed by atoms with van der Waals surface area (Å²) < 4.78 is 0. The molecule has 1 aromatic rings. The van der Waals surface area contributed by atoms with Gasteiger partial charge in [-0.3, -0.25) is 4.79 Å². The quantitative estimate of drug-likeness (QED) is 0.882. The third-order valence-electron chi connectivity index (χ3n) is 5.10. The molecule has 1 saturated heterocycles. The van der Waals surface area contributed by atoms with Crippen LogP contribution in [-0.2, 0) is 16.6 Å².